The summed E-state index contributed by atoms with van der Waals surface area (Å²) >= 11 is 0. The number of nitrogens with two attached hydrogens (primary N) is 1. The van der Waals surface area contributed by atoms with Gasteiger partial charge < -0.3 is 5.32 Å². The van der Waals surface area contributed by atoms with E-state index in [0.29, 0.717) is 11.6 Å². The summed E-state index contributed by atoms with van der Waals surface area (Å²) in [7, 11) is -3.77. The average molecular weight is 419 g/mol. The number of hydrogen-bond donors (Lipinski definition) is 2. The molecule has 1 heterocycles. The molecule has 0 aliphatic rings. The van der Waals surface area contributed by atoms with E-state index >= 15 is 0 Å². The molecule has 1 atom stereocenters. The lowest BCUT2D eigenvalue weighted by Crippen LogP contribution is -2.15. The first-order valence-electron chi connectivity index (χ1n) is 9.67. The van der Waals surface area contributed by atoms with Crippen molar-refractivity contribution in [2.45, 2.75) is 24.3 Å². The Morgan fingerprint density at radius 2 is 1.67 bits per heavy atom. The van der Waals surface area contributed by atoms with E-state index in [9.17, 15) is 8.42 Å². The minimum absolute atomic E-state index is 0.0952. The van der Waals surface area contributed by atoms with Gasteiger partial charge in [0.15, 0.2) is 5.82 Å². The molecule has 0 amide bonds. The quantitative estimate of drug-likeness (QED) is 0.480. The maximum Gasteiger partial charge on any atom is 0.238 e. The lowest BCUT2D eigenvalue weighted by Gasteiger charge is -2.20. The third-order valence-electron chi connectivity index (χ3n) is 4.94. The van der Waals surface area contributed by atoms with E-state index in [-0.39, 0.29) is 10.9 Å². The molecular formula is C23H22N4O2S. The predicted molar refractivity (Wildman–Crippen MR) is 119 cm³/mol. The molecular weight excluding hydrogens is 396 g/mol. The molecule has 3 N–H and O–H groups in total. The Morgan fingerprint density at radius 3 is 2.40 bits per heavy atom. The van der Waals surface area contributed by atoms with Crippen molar-refractivity contribution in [3.05, 3.63) is 84.4 Å². The van der Waals surface area contributed by atoms with E-state index in [1.54, 1.807) is 12.1 Å². The van der Waals surface area contributed by atoms with Crippen LogP contribution in [0.5, 0.6) is 0 Å². The Bertz CT molecular complexity index is 1290. The summed E-state index contributed by atoms with van der Waals surface area (Å²) in [6, 6.07) is 24.2. The number of benzene rings is 3. The first-order chi connectivity index (χ1) is 14.5. The number of sulfonamides is 1. The van der Waals surface area contributed by atoms with Crippen LogP contribution in [0.15, 0.2) is 83.8 Å². The van der Waals surface area contributed by atoms with E-state index in [4.69, 9.17) is 15.1 Å². The predicted octanol–water partition coefficient (Wildman–Crippen LogP) is 4.51. The molecule has 0 aliphatic carbocycles. The Balaban J connectivity index is 1.79. The zero-order valence-corrected chi connectivity index (χ0v) is 17.3. The summed E-state index contributed by atoms with van der Waals surface area (Å²) in [6.07, 6.45) is 0.729. The standard InChI is InChI=1S/C23H22N4O2S/c1-2-20(17-11-8-12-18(15-17)30(24,28)29)25-23-19-13-6-7-14-21(19)26-22(27-23)16-9-4-3-5-10-16/h3-15,20H,2H2,1H3,(H2,24,28,29)(H,25,26,27). The highest BCUT2D eigenvalue weighted by Crippen LogP contribution is 2.29. The molecule has 0 bridgehead atoms. The fourth-order valence-corrected chi connectivity index (χ4v) is 3.97. The number of nitrogens with one attached hydrogen (secondary N) is 1. The van der Waals surface area contributed by atoms with Crippen molar-refractivity contribution in [3.63, 3.8) is 0 Å². The topological polar surface area (TPSA) is 98.0 Å². The van der Waals surface area contributed by atoms with Gasteiger partial charge in [-0.1, -0.05) is 61.5 Å². The number of aromatic nitrogens is 2. The molecule has 1 aromatic heterocycles. The second-order valence-electron chi connectivity index (χ2n) is 7.00. The molecule has 30 heavy (non-hydrogen) atoms. The van der Waals surface area contributed by atoms with Crippen molar-refractivity contribution >= 4 is 26.7 Å². The molecule has 4 rings (SSSR count). The highest BCUT2D eigenvalue weighted by atomic mass is 32.2. The molecule has 0 saturated heterocycles. The zero-order valence-electron chi connectivity index (χ0n) is 16.5. The summed E-state index contributed by atoms with van der Waals surface area (Å²) in [4.78, 5) is 9.60. The second-order valence-corrected chi connectivity index (χ2v) is 8.56. The molecule has 0 spiro atoms. The number of primary sulfonamides is 1. The minimum Gasteiger partial charge on any atom is -0.363 e. The van der Waals surface area contributed by atoms with Crippen molar-refractivity contribution < 1.29 is 8.42 Å². The van der Waals surface area contributed by atoms with Gasteiger partial charge in [-0.25, -0.2) is 23.5 Å². The van der Waals surface area contributed by atoms with Crippen LogP contribution in [0.1, 0.15) is 24.9 Å². The fraction of sp³-hybridized carbons (Fsp3) is 0.130. The number of rotatable bonds is 6. The van der Waals surface area contributed by atoms with E-state index in [1.807, 2.05) is 67.6 Å². The van der Waals surface area contributed by atoms with Crippen molar-refractivity contribution in [1.29, 1.82) is 0 Å². The van der Waals surface area contributed by atoms with Gasteiger partial charge in [-0.15, -0.1) is 0 Å². The third-order valence-corrected chi connectivity index (χ3v) is 5.85. The lowest BCUT2D eigenvalue weighted by atomic mass is 10.0. The normalized spacial score (nSPS) is 12.6. The SMILES string of the molecule is CCC(Nc1nc(-c2ccccc2)nc2ccccc12)c1cccc(S(N)(=O)=O)c1. The van der Waals surface area contributed by atoms with Crippen LogP contribution in [0.4, 0.5) is 5.82 Å². The minimum atomic E-state index is -3.77. The van der Waals surface area contributed by atoms with E-state index in [2.05, 4.69) is 5.32 Å². The van der Waals surface area contributed by atoms with Gasteiger partial charge in [0.1, 0.15) is 5.82 Å². The monoisotopic (exact) mass is 418 g/mol. The van der Waals surface area contributed by atoms with E-state index < -0.39 is 10.0 Å². The molecule has 0 aliphatic heterocycles. The molecule has 0 fully saturated rings. The molecule has 0 radical (unpaired) electrons. The first-order valence-corrected chi connectivity index (χ1v) is 11.2. The molecule has 1 unspecified atom stereocenters. The van der Waals surface area contributed by atoms with E-state index in [1.165, 1.54) is 6.07 Å². The van der Waals surface area contributed by atoms with Crippen LogP contribution in [0.2, 0.25) is 0 Å². The molecule has 0 saturated carbocycles. The Hall–Kier alpha value is -3.29. The number of nitrogens with zero attached hydrogens (tertiary/aromatic N) is 2. The maximum atomic E-state index is 11.8. The summed E-state index contributed by atoms with van der Waals surface area (Å²) in [5, 5.41) is 9.70. The summed E-state index contributed by atoms with van der Waals surface area (Å²) < 4.78 is 23.5. The molecule has 7 heteroatoms. The van der Waals surface area contributed by atoms with Crippen molar-refractivity contribution in [2.24, 2.45) is 5.14 Å². The first kappa shape index (κ1) is 20.0. The summed E-state index contributed by atoms with van der Waals surface area (Å²) in [6.45, 7) is 2.03. The highest BCUT2D eigenvalue weighted by Gasteiger charge is 2.16. The number of fused-ring (bicyclic) bond motifs is 1. The summed E-state index contributed by atoms with van der Waals surface area (Å²) in [5.41, 5.74) is 2.59. The lowest BCUT2D eigenvalue weighted by molar-refractivity contribution is 0.597. The van der Waals surface area contributed by atoms with Gasteiger partial charge in [0.25, 0.3) is 0 Å². The van der Waals surface area contributed by atoms with Gasteiger partial charge in [-0.2, -0.15) is 0 Å². The molecule has 152 valence electrons. The number of hydrogen-bond acceptors (Lipinski definition) is 5. The molecule has 4 aromatic rings. The van der Waals surface area contributed by atoms with Gasteiger partial charge in [0.05, 0.1) is 16.5 Å². The van der Waals surface area contributed by atoms with Crippen molar-refractivity contribution in [1.82, 2.24) is 9.97 Å². The molecule has 3 aromatic carbocycles. The number of anilines is 1. The van der Waals surface area contributed by atoms with Crippen LogP contribution in [0.3, 0.4) is 0 Å². The van der Waals surface area contributed by atoms with E-state index in [0.717, 1.165) is 28.5 Å². The van der Waals surface area contributed by atoms with Gasteiger partial charge in [-0.3, -0.25) is 0 Å². The Labute approximate surface area is 175 Å². The maximum absolute atomic E-state index is 11.8. The second kappa shape index (κ2) is 8.22. The van der Waals surface area contributed by atoms with Gasteiger partial charge in [-0.05, 0) is 36.2 Å². The van der Waals surface area contributed by atoms with Gasteiger partial charge in [0.2, 0.25) is 10.0 Å². The van der Waals surface area contributed by atoms with Crippen LogP contribution < -0.4 is 10.5 Å². The Kier molecular flexibility index (Phi) is 5.48. The van der Waals surface area contributed by atoms with Crippen molar-refractivity contribution in [3.8, 4) is 11.4 Å². The van der Waals surface area contributed by atoms with Gasteiger partial charge >= 0.3 is 0 Å². The zero-order chi connectivity index (χ0) is 21.1. The molecule has 6 nitrogen and oxygen atoms in total. The number of para-hydroxylation sites is 1. The third kappa shape index (κ3) is 4.17. The smallest absolute Gasteiger partial charge is 0.238 e. The van der Waals surface area contributed by atoms with Crippen LogP contribution >= 0.6 is 0 Å². The van der Waals surface area contributed by atoms with Crippen LogP contribution in [0.25, 0.3) is 22.3 Å². The highest BCUT2D eigenvalue weighted by molar-refractivity contribution is 7.89. The largest absolute Gasteiger partial charge is 0.363 e. The van der Waals surface area contributed by atoms with Gasteiger partial charge in [0, 0.05) is 10.9 Å². The average Bonchev–Trinajstić information content (AvgIpc) is 2.77. The fourth-order valence-electron chi connectivity index (χ4n) is 3.40. The Morgan fingerprint density at radius 1 is 0.933 bits per heavy atom. The summed E-state index contributed by atoms with van der Waals surface area (Å²) in [5.74, 6) is 1.33. The van der Waals surface area contributed by atoms with Crippen LogP contribution in [-0.4, -0.2) is 18.4 Å². The van der Waals surface area contributed by atoms with Crippen LogP contribution in [0, 0.1) is 0 Å². The van der Waals surface area contributed by atoms with Crippen molar-refractivity contribution in [2.75, 3.05) is 5.32 Å². The van der Waals surface area contributed by atoms with Crippen LogP contribution in [-0.2, 0) is 10.0 Å².